The summed E-state index contributed by atoms with van der Waals surface area (Å²) in [6.07, 6.45) is 7.86. The van der Waals surface area contributed by atoms with E-state index in [1.807, 2.05) is 17.7 Å². The fourth-order valence-corrected chi connectivity index (χ4v) is 1.43. The fourth-order valence-electron chi connectivity index (χ4n) is 1.43. The normalized spacial score (nSPS) is 15.4. The Labute approximate surface area is 84.8 Å². The van der Waals surface area contributed by atoms with E-state index in [0.29, 0.717) is 13.0 Å². The molecule has 1 rings (SSSR count). The van der Waals surface area contributed by atoms with Crippen LogP contribution in [0.5, 0.6) is 0 Å². The largest absolute Gasteiger partial charge is 0.389 e. The van der Waals surface area contributed by atoms with Crippen molar-refractivity contribution < 1.29 is 5.11 Å². The van der Waals surface area contributed by atoms with Crippen LogP contribution in [0.4, 0.5) is 0 Å². The van der Waals surface area contributed by atoms with Crippen LogP contribution >= 0.6 is 0 Å². The van der Waals surface area contributed by atoms with Crippen molar-refractivity contribution in [2.75, 3.05) is 6.54 Å². The van der Waals surface area contributed by atoms with Gasteiger partial charge in [0.25, 0.3) is 0 Å². The Hall–Kier alpha value is -0.870. The molecule has 0 spiro atoms. The number of nitrogens with zero attached hydrogens (tertiary/aromatic N) is 2. The van der Waals surface area contributed by atoms with Crippen molar-refractivity contribution in [3.63, 3.8) is 0 Å². The van der Waals surface area contributed by atoms with E-state index in [1.165, 1.54) is 0 Å². The zero-order chi connectivity index (χ0) is 10.4. The number of rotatable bonds is 6. The van der Waals surface area contributed by atoms with E-state index in [0.717, 1.165) is 19.4 Å². The molecule has 0 aliphatic rings. The van der Waals surface area contributed by atoms with Crippen LogP contribution in [0.15, 0.2) is 18.7 Å². The molecule has 0 radical (unpaired) electrons. The van der Waals surface area contributed by atoms with Crippen LogP contribution in [-0.4, -0.2) is 26.8 Å². The summed E-state index contributed by atoms with van der Waals surface area (Å²) in [6, 6.07) is 0. The Bertz CT molecular complexity index is 242. The number of hydrogen-bond acceptors (Lipinski definition) is 3. The molecular weight excluding hydrogens is 178 g/mol. The highest BCUT2D eigenvalue weighted by Crippen LogP contribution is 2.15. The Balaban J connectivity index is 2.27. The maximum atomic E-state index is 9.91. The minimum absolute atomic E-state index is 0.341. The van der Waals surface area contributed by atoms with Gasteiger partial charge in [-0.2, -0.15) is 0 Å². The molecule has 1 heterocycles. The summed E-state index contributed by atoms with van der Waals surface area (Å²) in [6.45, 7) is 3.19. The van der Waals surface area contributed by atoms with Crippen molar-refractivity contribution in [3.05, 3.63) is 18.7 Å². The molecule has 0 aliphatic heterocycles. The minimum Gasteiger partial charge on any atom is -0.389 e. The molecular formula is C10H19N3O. The van der Waals surface area contributed by atoms with E-state index >= 15 is 0 Å². The van der Waals surface area contributed by atoms with Gasteiger partial charge in [0.1, 0.15) is 0 Å². The first-order chi connectivity index (χ1) is 6.70. The highest BCUT2D eigenvalue weighted by atomic mass is 16.3. The number of imidazole rings is 1. The Kier molecular flexibility index (Phi) is 4.10. The lowest BCUT2D eigenvalue weighted by Crippen LogP contribution is -2.37. The van der Waals surface area contributed by atoms with Gasteiger partial charge >= 0.3 is 0 Å². The number of nitrogens with two attached hydrogens (primary N) is 1. The van der Waals surface area contributed by atoms with Crippen molar-refractivity contribution in [1.29, 1.82) is 0 Å². The van der Waals surface area contributed by atoms with E-state index in [-0.39, 0.29) is 0 Å². The van der Waals surface area contributed by atoms with Gasteiger partial charge in [0, 0.05) is 25.5 Å². The summed E-state index contributed by atoms with van der Waals surface area (Å²) in [5.74, 6) is 0. The molecule has 0 fully saturated rings. The lowest BCUT2D eigenvalue weighted by Gasteiger charge is -2.24. The van der Waals surface area contributed by atoms with Crippen molar-refractivity contribution in [3.8, 4) is 0 Å². The average molecular weight is 197 g/mol. The topological polar surface area (TPSA) is 64.1 Å². The molecule has 1 unspecified atom stereocenters. The van der Waals surface area contributed by atoms with E-state index < -0.39 is 5.60 Å². The number of aliphatic hydroxyl groups is 1. The van der Waals surface area contributed by atoms with Gasteiger partial charge in [-0.3, -0.25) is 0 Å². The molecule has 0 saturated carbocycles. The average Bonchev–Trinajstić information content (AvgIpc) is 2.70. The van der Waals surface area contributed by atoms with Crippen LogP contribution in [0.2, 0.25) is 0 Å². The Morgan fingerprint density at radius 2 is 2.36 bits per heavy atom. The molecule has 14 heavy (non-hydrogen) atoms. The standard InChI is InChI=1S/C10H19N3O/c1-2-10(14,8-11)4-3-6-13-7-5-12-9-13/h5,7,9,14H,2-4,6,8,11H2,1H3. The Morgan fingerprint density at radius 1 is 1.57 bits per heavy atom. The summed E-state index contributed by atoms with van der Waals surface area (Å²) in [5, 5.41) is 9.91. The number of hydrogen-bond donors (Lipinski definition) is 2. The summed E-state index contributed by atoms with van der Waals surface area (Å²) in [4.78, 5) is 3.95. The van der Waals surface area contributed by atoms with Crippen molar-refractivity contribution >= 4 is 0 Å². The number of aromatic nitrogens is 2. The van der Waals surface area contributed by atoms with Gasteiger partial charge in [0.15, 0.2) is 0 Å². The van der Waals surface area contributed by atoms with E-state index in [4.69, 9.17) is 5.73 Å². The van der Waals surface area contributed by atoms with Crippen molar-refractivity contribution in [2.24, 2.45) is 5.73 Å². The van der Waals surface area contributed by atoms with Crippen LogP contribution < -0.4 is 5.73 Å². The third kappa shape index (κ3) is 3.12. The smallest absolute Gasteiger partial charge is 0.0945 e. The van der Waals surface area contributed by atoms with Gasteiger partial charge in [-0.1, -0.05) is 6.92 Å². The molecule has 1 aromatic heterocycles. The van der Waals surface area contributed by atoms with E-state index in [1.54, 1.807) is 12.5 Å². The third-order valence-corrected chi connectivity index (χ3v) is 2.66. The molecule has 80 valence electrons. The molecule has 4 nitrogen and oxygen atoms in total. The summed E-state index contributed by atoms with van der Waals surface area (Å²) in [5.41, 5.74) is 4.83. The quantitative estimate of drug-likeness (QED) is 0.707. The summed E-state index contributed by atoms with van der Waals surface area (Å²) >= 11 is 0. The van der Waals surface area contributed by atoms with Crippen LogP contribution in [0.1, 0.15) is 26.2 Å². The maximum Gasteiger partial charge on any atom is 0.0945 e. The maximum absolute atomic E-state index is 9.91. The van der Waals surface area contributed by atoms with Crippen molar-refractivity contribution in [1.82, 2.24) is 9.55 Å². The highest BCUT2D eigenvalue weighted by molar-refractivity contribution is 4.79. The molecule has 0 amide bonds. The summed E-state index contributed by atoms with van der Waals surface area (Å²) in [7, 11) is 0. The molecule has 4 heteroatoms. The molecule has 0 aliphatic carbocycles. The van der Waals surface area contributed by atoms with E-state index in [9.17, 15) is 5.11 Å². The lowest BCUT2D eigenvalue weighted by atomic mass is 9.95. The molecule has 0 aromatic carbocycles. The summed E-state index contributed by atoms with van der Waals surface area (Å²) < 4.78 is 2.01. The zero-order valence-corrected chi connectivity index (χ0v) is 8.69. The predicted molar refractivity (Wildman–Crippen MR) is 55.8 cm³/mol. The first-order valence-corrected chi connectivity index (χ1v) is 5.08. The predicted octanol–water partition coefficient (Wildman–Crippen LogP) is 0.763. The first-order valence-electron chi connectivity index (χ1n) is 5.08. The van der Waals surface area contributed by atoms with Gasteiger partial charge in [-0.25, -0.2) is 4.98 Å². The van der Waals surface area contributed by atoms with Crippen LogP contribution in [0.25, 0.3) is 0 Å². The monoisotopic (exact) mass is 197 g/mol. The highest BCUT2D eigenvalue weighted by Gasteiger charge is 2.21. The van der Waals surface area contributed by atoms with Gasteiger partial charge < -0.3 is 15.4 Å². The number of aryl methyl sites for hydroxylation is 1. The van der Waals surface area contributed by atoms with Crippen LogP contribution in [0.3, 0.4) is 0 Å². The van der Waals surface area contributed by atoms with Crippen LogP contribution in [0, 0.1) is 0 Å². The Morgan fingerprint density at radius 3 is 2.86 bits per heavy atom. The van der Waals surface area contributed by atoms with Gasteiger partial charge in [0.05, 0.1) is 11.9 Å². The molecule has 3 N–H and O–H groups in total. The molecule has 1 aromatic rings. The lowest BCUT2D eigenvalue weighted by molar-refractivity contribution is 0.0333. The molecule has 1 atom stereocenters. The second-order valence-corrected chi connectivity index (χ2v) is 3.69. The second-order valence-electron chi connectivity index (χ2n) is 3.69. The third-order valence-electron chi connectivity index (χ3n) is 2.66. The first kappa shape index (κ1) is 11.2. The van der Waals surface area contributed by atoms with Gasteiger partial charge in [-0.15, -0.1) is 0 Å². The molecule has 0 saturated heterocycles. The fraction of sp³-hybridized carbons (Fsp3) is 0.700. The SMILES string of the molecule is CCC(O)(CN)CCCn1ccnc1. The zero-order valence-electron chi connectivity index (χ0n) is 8.69. The minimum atomic E-state index is -0.680. The molecule has 0 bridgehead atoms. The van der Waals surface area contributed by atoms with Gasteiger partial charge in [0.2, 0.25) is 0 Å². The van der Waals surface area contributed by atoms with Gasteiger partial charge in [-0.05, 0) is 19.3 Å². The van der Waals surface area contributed by atoms with E-state index in [2.05, 4.69) is 4.98 Å². The second kappa shape index (κ2) is 5.12. The van der Waals surface area contributed by atoms with Crippen molar-refractivity contribution in [2.45, 2.75) is 38.3 Å². The van der Waals surface area contributed by atoms with Crippen LogP contribution in [-0.2, 0) is 6.54 Å².